The molecule has 0 aliphatic rings. The van der Waals surface area contributed by atoms with Gasteiger partial charge in [0.05, 0.1) is 0 Å². The number of nitrogens with one attached hydrogen (secondary N) is 1. The van der Waals surface area contributed by atoms with Crippen LogP contribution in [0.2, 0.25) is 0 Å². The van der Waals surface area contributed by atoms with Crippen molar-refractivity contribution in [3.8, 4) is 0 Å². The van der Waals surface area contributed by atoms with Crippen LogP contribution < -0.4 is 5.32 Å². The summed E-state index contributed by atoms with van der Waals surface area (Å²) in [5.74, 6) is 0.00630. The minimum absolute atomic E-state index is 0.00630. The smallest absolute Gasteiger partial charge is 0.268 e. The standard InChI is InChI=1S/C14H22N2O/c1-6-8-16-12(5)9-10(3)13(16)14(17)15-11(4)7-2/h6,9,11H,1,7-8H2,2-5H3,(H,15,17). The second-order valence-electron chi connectivity index (χ2n) is 4.50. The monoisotopic (exact) mass is 234 g/mol. The SMILES string of the molecule is C=CCn1c(C)cc(C)c1C(=O)NC(C)CC. The third-order valence-electron chi connectivity index (χ3n) is 3.01. The predicted octanol–water partition coefficient (Wildman–Crippen LogP) is 2.82. The first-order valence-electron chi connectivity index (χ1n) is 6.09. The summed E-state index contributed by atoms with van der Waals surface area (Å²) in [7, 11) is 0. The lowest BCUT2D eigenvalue weighted by molar-refractivity contribution is 0.0929. The Morgan fingerprint density at radius 2 is 2.24 bits per heavy atom. The van der Waals surface area contributed by atoms with E-state index in [-0.39, 0.29) is 11.9 Å². The maximum Gasteiger partial charge on any atom is 0.268 e. The number of aromatic nitrogens is 1. The van der Waals surface area contributed by atoms with Gasteiger partial charge in [-0.1, -0.05) is 13.0 Å². The van der Waals surface area contributed by atoms with E-state index in [9.17, 15) is 4.79 Å². The Hall–Kier alpha value is -1.51. The van der Waals surface area contributed by atoms with Crippen LogP contribution in [0.1, 0.15) is 42.0 Å². The van der Waals surface area contributed by atoms with Gasteiger partial charge in [0.15, 0.2) is 0 Å². The van der Waals surface area contributed by atoms with Crippen molar-refractivity contribution < 1.29 is 4.79 Å². The van der Waals surface area contributed by atoms with Crippen LogP contribution in [0, 0.1) is 13.8 Å². The Labute approximate surface area is 104 Å². The van der Waals surface area contributed by atoms with Gasteiger partial charge in [0.1, 0.15) is 5.69 Å². The number of carbonyl (C=O) groups is 1. The molecule has 0 fully saturated rings. The van der Waals surface area contributed by atoms with Crippen molar-refractivity contribution in [1.82, 2.24) is 9.88 Å². The van der Waals surface area contributed by atoms with Crippen LogP contribution >= 0.6 is 0 Å². The van der Waals surface area contributed by atoms with Crippen molar-refractivity contribution in [3.05, 3.63) is 35.7 Å². The molecule has 1 N–H and O–H groups in total. The fourth-order valence-electron chi connectivity index (χ4n) is 1.91. The number of hydrogen-bond acceptors (Lipinski definition) is 1. The fourth-order valence-corrected chi connectivity index (χ4v) is 1.91. The minimum Gasteiger partial charge on any atom is -0.348 e. The van der Waals surface area contributed by atoms with Crippen molar-refractivity contribution in [2.75, 3.05) is 0 Å². The zero-order valence-corrected chi connectivity index (χ0v) is 11.2. The Bertz CT molecular complexity index is 418. The molecule has 1 aromatic heterocycles. The van der Waals surface area contributed by atoms with Gasteiger partial charge in [-0.25, -0.2) is 0 Å². The van der Waals surface area contributed by atoms with Crippen molar-refractivity contribution >= 4 is 5.91 Å². The second-order valence-corrected chi connectivity index (χ2v) is 4.50. The van der Waals surface area contributed by atoms with Gasteiger partial charge in [-0.15, -0.1) is 6.58 Å². The Kier molecular flexibility index (Phi) is 4.55. The lowest BCUT2D eigenvalue weighted by Crippen LogP contribution is -2.33. The van der Waals surface area contributed by atoms with Crippen molar-refractivity contribution in [1.29, 1.82) is 0 Å². The zero-order valence-electron chi connectivity index (χ0n) is 11.2. The van der Waals surface area contributed by atoms with Crippen LogP contribution in [-0.4, -0.2) is 16.5 Å². The van der Waals surface area contributed by atoms with E-state index in [4.69, 9.17) is 0 Å². The summed E-state index contributed by atoms with van der Waals surface area (Å²) in [6.45, 7) is 12.5. The molecule has 0 saturated heterocycles. The molecule has 1 atom stereocenters. The number of amides is 1. The number of aryl methyl sites for hydroxylation is 2. The molecule has 3 heteroatoms. The summed E-state index contributed by atoms with van der Waals surface area (Å²) in [4.78, 5) is 12.2. The van der Waals surface area contributed by atoms with Gasteiger partial charge >= 0.3 is 0 Å². The molecule has 0 aromatic carbocycles. The molecule has 0 aliphatic heterocycles. The van der Waals surface area contributed by atoms with Gasteiger partial charge < -0.3 is 9.88 Å². The first-order valence-corrected chi connectivity index (χ1v) is 6.09. The molecule has 0 bridgehead atoms. The van der Waals surface area contributed by atoms with Gasteiger partial charge in [0, 0.05) is 18.3 Å². The van der Waals surface area contributed by atoms with E-state index >= 15 is 0 Å². The molecule has 0 spiro atoms. The molecular weight excluding hydrogens is 212 g/mol. The second kappa shape index (κ2) is 5.71. The third-order valence-corrected chi connectivity index (χ3v) is 3.01. The normalized spacial score (nSPS) is 12.2. The van der Waals surface area contributed by atoms with E-state index in [0.717, 1.165) is 23.4 Å². The van der Waals surface area contributed by atoms with E-state index < -0.39 is 0 Å². The molecule has 3 nitrogen and oxygen atoms in total. The third kappa shape index (κ3) is 2.99. The highest BCUT2D eigenvalue weighted by Crippen LogP contribution is 2.15. The van der Waals surface area contributed by atoms with Crippen LogP contribution in [0.4, 0.5) is 0 Å². The summed E-state index contributed by atoms with van der Waals surface area (Å²) in [5, 5.41) is 3.00. The van der Waals surface area contributed by atoms with Gasteiger partial charge in [0.25, 0.3) is 5.91 Å². The van der Waals surface area contributed by atoms with Gasteiger partial charge in [-0.2, -0.15) is 0 Å². The highest BCUT2D eigenvalue weighted by molar-refractivity contribution is 5.94. The average Bonchev–Trinajstić information content (AvgIpc) is 2.54. The summed E-state index contributed by atoms with van der Waals surface area (Å²) < 4.78 is 2.00. The predicted molar refractivity (Wildman–Crippen MR) is 71.3 cm³/mol. The van der Waals surface area contributed by atoms with Crippen LogP contribution in [-0.2, 0) is 6.54 Å². The van der Waals surface area contributed by atoms with E-state index in [0.29, 0.717) is 6.54 Å². The average molecular weight is 234 g/mol. The summed E-state index contributed by atoms with van der Waals surface area (Å²) in [6.07, 6.45) is 2.75. The van der Waals surface area contributed by atoms with E-state index in [1.165, 1.54) is 0 Å². The minimum atomic E-state index is 0.00630. The molecule has 1 heterocycles. The van der Waals surface area contributed by atoms with E-state index in [2.05, 4.69) is 18.8 Å². The van der Waals surface area contributed by atoms with Crippen molar-refractivity contribution in [3.63, 3.8) is 0 Å². The lowest BCUT2D eigenvalue weighted by Gasteiger charge is -2.14. The molecule has 1 unspecified atom stereocenters. The van der Waals surface area contributed by atoms with Gasteiger partial charge in [0.2, 0.25) is 0 Å². The van der Waals surface area contributed by atoms with Crippen LogP contribution in [0.3, 0.4) is 0 Å². The molecular formula is C14H22N2O. The first kappa shape index (κ1) is 13.6. The Morgan fingerprint density at radius 1 is 1.59 bits per heavy atom. The molecule has 1 rings (SSSR count). The Morgan fingerprint density at radius 3 is 2.76 bits per heavy atom. The zero-order chi connectivity index (χ0) is 13.0. The van der Waals surface area contributed by atoms with Gasteiger partial charge in [-0.3, -0.25) is 4.79 Å². The largest absolute Gasteiger partial charge is 0.348 e. The maximum atomic E-state index is 12.2. The van der Waals surface area contributed by atoms with Crippen molar-refractivity contribution in [2.45, 2.75) is 46.7 Å². The highest BCUT2D eigenvalue weighted by Gasteiger charge is 2.17. The first-order chi connectivity index (χ1) is 8.01. The van der Waals surface area contributed by atoms with Crippen LogP contribution in [0.25, 0.3) is 0 Å². The molecule has 94 valence electrons. The Balaban J connectivity index is 3.03. The number of rotatable bonds is 5. The molecule has 17 heavy (non-hydrogen) atoms. The molecule has 0 aliphatic carbocycles. The van der Waals surface area contributed by atoms with E-state index in [1.54, 1.807) is 0 Å². The highest BCUT2D eigenvalue weighted by atomic mass is 16.2. The lowest BCUT2D eigenvalue weighted by atomic mass is 10.2. The summed E-state index contributed by atoms with van der Waals surface area (Å²) >= 11 is 0. The topological polar surface area (TPSA) is 34.0 Å². The van der Waals surface area contributed by atoms with Crippen LogP contribution in [0.5, 0.6) is 0 Å². The summed E-state index contributed by atoms with van der Waals surface area (Å²) in [5.41, 5.74) is 2.87. The summed E-state index contributed by atoms with van der Waals surface area (Å²) in [6, 6.07) is 2.24. The van der Waals surface area contributed by atoms with Crippen molar-refractivity contribution in [2.24, 2.45) is 0 Å². The van der Waals surface area contributed by atoms with Gasteiger partial charge in [-0.05, 0) is 38.8 Å². The molecule has 0 saturated carbocycles. The maximum absolute atomic E-state index is 12.2. The number of hydrogen-bond donors (Lipinski definition) is 1. The molecule has 1 aromatic rings. The number of nitrogens with zero attached hydrogens (tertiary/aromatic N) is 1. The van der Waals surface area contributed by atoms with Crippen LogP contribution in [0.15, 0.2) is 18.7 Å². The van der Waals surface area contributed by atoms with E-state index in [1.807, 2.05) is 37.5 Å². The molecule has 1 amide bonds. The number of carbonyl (C=O) groups excluding carboxylic acids is 1. The quantitative estimate of drug-likeness (QED) is 0.781. The molecule has 0 radical (unpaired) electrons. The number of allylic oxidation sites excluding steroid dienone is 1. The fraction of sp³-hybridized carbons (Fsp3) is 0.500.